The molecule has 1 aliphatic rings. The van der Waals surface area contributed by atoms with Crippen LogP contribution in [-0.4, -0.2) is 24.8 Å². The predicted octanol–water partition coefficient (Wildman–Crippen LogP) is 4.59. The average Bonchev–Trinajstić information content (AvgIpc) is 2.75. The van der Waals surface area contributed by atoms with E-state index in [9.17, 15) is 8.42 Å². The highest BCUT2D eigenvalue weighted by Crippen LogP contribution is 2.54. The Labute approximate surface area is 151 Å². The van der Waals surface area contributed by atoms with Crippen molar-refractivity contribution < 1.29 is 8.42 Å². The van der Waals surface area contributed by atoms with Crippen LogP contribution in [0.4, 0.5) is 0 Å². The van der Waals surface area contributed by atoms with Crippen molar-refractivity contribution in [3.8, 4) is 0 Å². The Morgan fingerprint density at radius 2 is 1.48 bits per heavy atom. The van der Waals surface area contributed by atoms with E-state index >= 15 is 0 Å². The molecule has 1 heterocycles. The lowest BCUT2D eigenvalue weighted by Crippen LogP contribution is -2.49. The first-order chi connectivity index (χ1) is 11.6. The first kappa shape index (κ1) is 18.2. The molecule has 0 spiro atoms. The highest BCUT2D eigenvalue weighted by molar-refractivity contribution is 7.89. The number of rotatable bonds is 3. The third kappa shape index (κ3) is 2.81. The molecule has 0 N–H and O–H groups in total. The summed E-state index contributed by atoms with van der Waals surface area (Å²) in [4.78, 5) is 0.371. The predicted molar refractivity (Wildman–Crippen MR) is 102 cm³/mol. The molecule has 2 aromatic carbocycles. The van der Waals surface area contributed by atoms with Gasteiger partial charge in [-0.1, -0.05) is 61.9 Å². The molecule has 1 atom stereocenters. The molecule has 0 saturated carbocycles. The normalized spacial score (nSPS) is 22.8. The van der Waals surface area contributed by atoms with Crippen molar-refractivity contribution in [1.29, 1.82) is 0 Å². The molecule has 3 rings (SSSR count). The molecule has 0 aromatic heterocycles. The molecule has 1 saturated heterocycles. The van der Waals surface area contributed by atoms with Crippen molar-refractivity contribution in [3.05, 3.63) is 65.7 Å². The molecule has 25 heavy (non-hydrogen) atoms. The van der Waals surface area contributed by atoms with Crippen LogP contribution < -0.4 is 0 Å². The summed E-state index contributed by atoms with van der Waals surface area (Å²) in [5.41, 5.74) is 1.58. The van der Waals surface area contributed by atoms with Gasteiger partial charge in [-0.3, -0.25) is 0 Å². The lowest BCUT2D eigenvalue weighted by molar-refractivity contribution is 0.149. The van der Waals surface area contributed by atoms with Gasteiger partial charge in [0, 0.05) is 18.0 Å². The van der Waals surface area contributed by atoms with E-state index < -0.39 is 15.6 Å². The smallest absolute Gasteiger partial charge is 0.207 e. The molecular weight excluding hydrogens is 330 g/mol. The molecule has 1 aliphatic heterocycles. The lowest BCUT2D eigenvalue weighted by atomic mass is 9.68. The summed E-state index contributed by atoms with van der Waals surface area (Å²) in [5.74, 6) is 0.156. The van der Waals surface area contributed by atoms with Gasteiger partial charge >= 0.3 is 0 Å². The van der Waals surface area contributed by atoms with E-state index in [0.717, 1.165) is 5.56 Å². The first-order valence-corrected chi connectivity index (χ1v) is 10.2. The van der Waals surface area contributed by atoms with Gasteiger partial charge in [-0.05, 0) is 43.9 Å². The van der Waals surface area contributed by atoms with E-state index in [1.165, 1.54) is 5.56 Å². The summed E-state index contributed by atoms with van der Waals surface area (Å²) in [6.07, 6.45) is 0. The Hall–Kier alpha value is -1.65. The van der Waals surface area contributed by atoms with E-state index in [2.05, 4.69) is 26.0 Å². The number of benzene rings is 2. The zero-order chi connectivity index (χ0) is 18.5. The lowest BCUT2D eigenvalue weighted by Gasteiger charge is -2.41. The van der Waals surface area contributed by atoms with Crippen LogP contribution in [0, 0.1) is 12.3 Å². The molecule has 2 aromatic rings. The topological polar surface area (TPSA) is 37.4 Å². The summed E-state index contributed by atoms with van der Waals surface area (Å²) >= 11 is 0. The second-order valence-corrected chi connectivity index (χ2v) is 9.96. The van der Waals surface area contributed by atoms with Crippen molar-refractivity contribution >= 4 is 10.0 Å². The summed E-state index contributed by atoms with van der Waals surface area (Å²) in [7, 11) is -3.54. The van der Waals surface area contributed by atoms with Gasteiger partial charge in [0.25, 0.3) is 0 Å². The quantitative estimate of drug-likeness (QED) is 0.806. The fourth-order valence-corrected chi connectivity index (χ4v) is 5.73. The Balaban J connectivity index is 2.06. The maximum absolute atomic E-state index is 13.4. The van der Waals surface area contributed by atoms with Gasteiger partial charge in [0.1, 0.15) is 0 Å². The molecule has 0 amide bonds. The van der Waals surface area contributed by atoms with Gasteiger partial charge in [-0.2, -0.15) is 4.31 Å². The molecular formula is C21H27NO2S. The van der Waals surface area contributed by atoms with Gasteiger partial charge < -0.3 is 0 Å². The monoisotopic (exact) mass is 357 g/mol. The van der Waals surface area contributed by atoms with Crippen LogP contribution in [0.25, 0.3) is 0 Å². The maximum Gasteiger partial charge on any atom is 0.243 e. The van der Waals surface area contributed by atoms with Crippen LogP contribution in [0.3, 0.4) is 0 Å². The SMILES string of the molecule is Cc1ccc(S(=O)(=O)N2CC(c3ccccc3)C(C)(C)C2(C)C)cc1. The van der Waals surface area contributed by atoms with Crippen LogP contribution in [0.2, 0.25) is 0 Å². The van der Waals surface area contributed by atoms with Crippen molar-refractivity contribution in [3.63, 3.8) is 0 Å². The minimum Gasteiger partial charge on any atom is -0.207 e. The molecule has 0 aliphatic carbocycles. The van der Waals surface area contributed by atoms with Crippen molar-refractivity contribution in [2.75, 3.05) is 6.54 Å². The van der Waals surface area contributed by atoms with Crippen molar-refractivity contribution in [1.82, 2.24) is 4.31 Å². The number of hydrogen-bond donors (Lipinski definition) is 0. The Morgan fingerprint density at radius 3 is 2.04 bits per heavy atom. The fourth-order valence-electron chi connectivity index (χ4n) is 3.81. The zero-order valence-corrected chi connectivity index (χ0v) is 16.5. The third-order valence-corrected chi connectivity index (χ3v) is 8.28. The summed E-state index contributed by atoms with van der Waals surface area (Å²) in [5, 5.41) is 0. The zero-order valence-electron chi connectivity index (χ0n) is 15.7. The Kier molecular flexibility index (Phi) is 4.33. The maximum atomic E-state index is 13.4. The van der Waals surface area contributed by atoms with E-state index in [-0.39, 0.29) is 11.3 Å². The van der Waals surface area contributed by atoms with Crippen LogP contribution in [0.5, 0.6) is 0 Å². The van der Waals surface area contributed by atoms with Crippen molar-refractivity contribution in [2.24, 2.45) is 5.41 Å². The molecule has 3 nitrogen and oxygen atoms in total. The van der Waals surface area contributed by atoms with Crippen LogP contribution in [-0.2, 0) is 10.0 Å². The van der Waals surface area contributed by atoms with Crippen LogP contribution in [0.15, 0.2) is 59.5 Å². The van der Waals surface area contributed by atoms with E-state index in [1.807, 2.05) is 51.1 Å². The van der Waals surface area contributed by atoms with E-state index in [4.69, 9.17) is 0 Å². The van der Waals surface area contributed by atoms with Gasteiger partial charge in [0.2, 0.25) is 10.0 Å². The minimum atomic E-state index is -3.54. The number of nitrogens with zero attached hydrogens (tertiary/aromatic N) is 1. The van der Waals surface area contributed by atoms with Gasteiger partial charge in [-0.15, -0.1) is 0 Å². The highest BCUT2D eigenvalue weighted by Gasteiger charge is 2.57. The number of sulfonamides is 1. The molecule has 0 bridgehead atoms. The minimum absolute atomic E-state index is 0.156. The second-order valence-electron chi connectivity index (χ2n) is 8.09. The third-order valence-electron chi connectivity index (χ3n) is 6.23. The average molecular weight is 358 g/mol. The summed E-state index contributed by atoms with van der Waals surface area (Å²) < 4.78 is 28.4. The van der Waals surface area contributed by atoms with E-state index in [1.54, 1.807) is 16.4 Å². The first-order valence-electron chi connectivity index (χ1n) is 8.73. The standard InChI is InChI=1S/C21H27NO2S/c1-16-11-13-18(14-12-16)25(23,24)22-15-19(17-9-7-6-8-10-17)20(2,3)21(22,4)5/h6-14,19H,15H2,1-5H3. The van der Waals surface area contributed by atoms with Crippen LogP contribution in [0.1, 0.15) is 44.7 Å². The highest BCUT2D eigenvalue weighted by atomic mass is 32.2. The van der Waals surface area contributed by atoms with Gasteiger partial charge in [0.05, 0.1) is 4.90 Å². The van der Waals surface area contributed by atoms with E-state index in [0.29, 0.717) is 11.4 Å². The Morgan fingerprint density at radius 1 is 0.920 bits per heavy atom. The summed E-state index contributed by atoms with van der Waals surface area (Å²) in [6, 6.07) is 17.4. The number of aryl methyl sites for hydroxylation is 1. The van der Waals surface area contributed by atoms with Crippen LogP contribution >= 0.6 is 0 Å². The Bertz CT molecular complexity index is 853. The van der Waals surface area contributed by atoms with Crippen molar-refractivity contribution in [2.45, 2.75) is 51.0 Å². The molecule has 134 valence electrons. The number of hydrogen-bond acceptors (Lipinski definition) is 2. The molecule has 4 heteroatoms. The second kappa shape index (κ2) is 5.96. The summed E-state index contributed by atoms with van der Waals surface area (Å²) in [6.45, 7) is 10.9. The molecule has 0 radical (unpaired) electrons. The van der Waals surface area contributed by atoms with Gasteiger partial charge in [0.15, 0.2) is 0 Å². The fraction of sp³-hybridized carbons (Fsp3) is 0.429. The van der Waals surface area contributed by atoms with Gasteiger partial charge in [-0.25, -0.2) is 8.42 Å². The largest absolute Gasteiger partial charge is 0.243 e. The molecule has 1 unspecified atom stereocenters. The molecule has 1 fully saturated rings.